The third-order valence-electron chi connectivity index (χ3n) is 1.71. The average molecular weight is 260 g/mol. The molecule has 1 aromatic heterocycles. The van der Waals surface area contributed by atoms with Gasteiger partial charge in [-0.05, 0) is 19.1 Å². The zero-order chi connectivity index (χ0) is 10.8. The number of thiazole rings is 1. The van der Waals surface area contributed by atoms with E-state index >= 15 is 0 Å². The Morgan fingerprint density at radius 2 is 2.13 bits per heavy atom. The van der Waals surface area contributed by atoms with E-state index in [-0.39, 0.29) is 0 Å². The van der Waals surface area contributed by atoms with Crippen LogP contribution in [-0.2, 0) is 0 Å². The van der Waals surface area contributed by atoms with E-state index in [2.05, 4.69) is 4.98 Å². The van der Waals surface area contributed by atoms with Crippen LogP contribution in [0.25, 0.3) is 0 Å². The second kappa shape index (κ2) is 4.39. The molecule has 1 aromatic carbocycles. The first-order valence-corrected chi connectivity index (χ1v) is 5.84. The summed E-state index contributed by atoms with van der Waals surface area (Å²) in [4.78, 5) is 4.17. The zero-order valence-corrected chi connectivity index (χ0v) is 10.2. The zero-order valence-electron chi connectivity index (χ0n) is 7.83. The average Bonchev–Trinajstić information content (AvgIpc) is 2.58. The van der Waals surface area contributed by atoms with Crippen LogP contribution < -0.4 is 4.74 Å². The van der Waals surface area contributed by atoms with Crippen molar-refractivity contribution in [2.75, 3.05) is 0 Å². The molecule has 0 spiro atoms. The van der Waals surface area contributed by atoms with Gasteiger partial charge in [-0.25, -0.2) is 4.98 Å². The molecular weight excluding hydrogens is 253 g/mol. The van der Waals surface area contributed by atoms with Crippen molar-refractivity contribution in [1.29, 1.82) is 0 Å². The highest BCUT2D eigenvalue weighted by molar-refractivity contribution is 7.09. The van der Waals surface area contributed by atoms with Crippen molar-refractivity contribution in [2.24, 2.45) is 0 Å². The Morgan fingerprint density at radius 1 is 1.33 bits per heavy atom. The van der Waals surface area contributed by atoms with Crippen molar-refractivity contribution in [2.45, 2.75) is 6.92 Å². The lowest BCUT2D eigenvalue weighted by Crippen LogP contribution is -1.85. The molecule has 0 aliphatic carbocycles. The Balaban J connectivity index is 2.27. The van der Waals surface area contributed by atoms with Crippen molar-refractivity contribution < 1.29 is 4.74 Å². The lowest BCUT2D eigenvalue weighted by Gasteiger charge is -2.04. The van der Waals surface area contributed by atoms with Crippen LogP contribution in [0.4, 0.5) is 0 Å². The predicted molar refractivity (Wildman–Crippen MR) is 63.4 cm³/mol. The molecule has 0 saturated carbocycles. The van der Waals surface area contributed by atoms with Crippen LogP contribution in [-0.4, -0.2) is 4.98 Å². The van der Waals surface area contributed by atoms with Gasteiger partial charge < -0.3 is 4.74 Å². The van der Waals surface area contributed by atoms with Gasteiger partial charge in [0.1, 0.15) is 5.75 Å². The molecule has 5 heteroatoms. The van der Waals surface area contributed by atoms with Crippen LogP contribution in [0.2, 0.25) is 10.0 Å². The molecule has 0 radical (unpaired) electrons. The van der Waals surface area contributed by atoms with Crippen LogP contribution in [0.15, 0.2) is 23.6 Å². The highest BCUT2D eigenvalue weighted by Crippen LogP contribution is 2.32. The quantitative estimate of drug-likeness (QED) is 0.790. The minimum Gasteiger partial charge on any atom is -0.437 e. The summed E-state index contributed by atoms with van der Waals surface area (Å²) in [5, 5.41) is 3.88. The lowest BCUT2D eigenvalue weighted by atomic mass is 10.3. The Hall–Kier alpha value is -0.770. The summed E-state index contributed by atoms with van der Waals surface area (Å²) in [5.74, 6) is 1.07. The van der Waals surface area contributed by atoms with E-state index in [1.807, 2.05) is 12.3 Å². The van der Waals surface area contributed by atoms with Gasteiger partial charge >= 0.3 is 0 Å². The van der Waals surface area contributed by atoms with E-state index < -0.39 is 0 Å². The molecule has 2 rings (SSSR count). The van der Waals surface area contributed by atoms with Gasteiger partial charge in [-0.15, -0.1) is 11.3 Å². The van der Waals surface area contributed by atoms with Crippen molar-refractivity contribution in [3.8, 4) is 11.6 Å². The maximum absolute atomic E-state index is 5.94. The summed E-state index contributed by atoms with van der Waals surface area (Å²) >= 11 is 13.3. The van der Waals surface area contributed by atoms with Crippen LogP contribution in [0, 0.1) is 6.92 Å². The first-order valence-electron chi connectivity index (χ1n) is 4.20. The Labute approximate surface area is 101 Å². The first kappa shape index (κ1) is 10.7. The highest BCUT2D eigenvalue weighted by atomic mass is 35.5. The summed E-state index contributed by atoms with van der Waals surface area (Å²) in [6, 6.07) is 5.07. The molecule has 0 saturated heterocycles. The van der Waals surface area contributed by atoms with Gasteiger partial charge in [-0.3, -0.25) is 0 Å². The minimum absolute atomic E-state index is 0.519. The first-order chi connectivity index (χ1) is 7.15. The standard InChI is InChI=1S/C10H7Cl2NOS/c1-6-13-10(5-15-6)14-9-4-7(11)2-3-8(9)12/h2-5H,1H3. The van der Waals surface area contributed by atoms with Crippen LogP contribution >= 0.6 is 34.5 Å². The fraction of sp³-hybridized carbons (Fsp3) is 0.100. The van der Waals surface area contributed by atoms with Gasteiger partial charge in [0.05, 0.1) is 15.4 Å². The van der Waals surface area contributed by atoms with E-state index in [4.69, 9.17) is 27.9 Å². The SMILES string of the molecule is Cc1nc(Oc2cc(Cl)ccc2Cl)cs1. The summed E-state index contributed by atoms with van der Waals surface area (Å²) in [6.45, 7) is 1.91. The number of hydrogen-bond donors (Lipinski definition) is 0. The van der Waals surface area contributed by atoms with Gasteiger partial charge in [0.2, 0.25) is 5.88 Å². The summed E-state index contributed by atoms with van der Waals surface area (Å²) < 4.78 is 5.49. The molecule has 0 unspecified atom stereocenters. The molecule has 0 fully saturated rings. The van der Waals surface area contributed by atoms with Crippen molar-refractivity contribution in [3.05, 3.63) is 38.6 Å². The number of rotatable bonds is 2. The van der Waals surface area contributed by atoms with E-state index in [9.17, 15) is 0 Å². The van der Waals surface area contributed by atoms with Gasteiger partial charge in [-0.2, -0.15) is 0 Å². The third-order valence-corrected chi connectivity index (χ3v) is 3.00. The topological polar surface area (TPSA) is 22.1 Å². The number of ether oxygens (including phenoxy) is 1. The van der Waals surface area contributed by atoms with Gasteiger partial charge in [-0.1, -0.05) is 23.2 Å². The van der Waals surface area contributed by atoms with E-state index in [1.54, 1.807) is 18.2 Å². The highest BCUT2D eigenvalue weighted by Gasteiger charge is 2.06. The molecule has 0 N–H and O–H groups in total. The van der Waals surface area contributed by atoms with Crippen molar-refractivity contribution >= 4 is 34.5 Å². The molecule has 78 valence electrons. The molecule has 0 atom stereocenters. The largest absolute Gasteiger partial charge is 0.437 e. The van der Waals surface area contributed by atoms with Crippen molar-refractivity contribution in [1.82, 2.24) is 4.98 Å². The van der Waals surface area contributed by atoms with Gasteiger partial charge in [0, 0.05) is 11.1 Å². The number of halogens is 2. The molecule has 0 bridgehead atoms. The molecule has 0 aliphatic heterocycles. The second-order valence-corrected chi connectivity index (χ2v) is 4.79. The molecule has 2 aromatic rings. The van der Waals surface area contributed by atoms with E-state index in [0.29, 0.717) is 21.7 Å². The monoisotopic (exact) mass is 259 g/mol. The lowest BCUT2D eigenvalue weighted by molar-refractivity contribution is 0.466. The maximum Gasteiger partial charge on any atom is 0.230 e. The van der Waals surface area contributed by atoms with Crippen molar-refractivity contribution in [3.63, 3.8) is 0 Å². The fourth-order valence-electron chi connectivity index (χ4n) is 1.06. The number of aromatic nitrogens is 1. The Morgan fingerprint density at radius 3 is 2.80 bits per heavy atom. The molecule has 0 amide bonds. The molecular formula is C10H7Cl2NOS. The van der Waals surface area contributed by atoms with Crippen LogP contribution in [0.1, 0.15) is 5.01 Å². The maximum atomic E-state index is 5.94. The minimum atomic E-state index is 0.519. The Kier molecular flexibility index (Phi) is 3.14. The number of aryl methyl sites for hydroxylation is 1. The van der Waals surface area contributed by atoms with Crippen LogP contribution in [0.3, 0.4) is 0 Å². The molecule has 1 heterocycles. The molecule has 2 nitrogen and oxygen atoms in total. The fourth-order valence-corrected chi connectivity index (χ4v) is 1.89. The number of benzene rings is 1. The Bertz CT molecular complexity index is 484. The predicted octanol–water partition coefficient (Wildman–Crippen LogP) is 4.55. The summed E-state index contributed by atoms with van der Waals surface area (Å²) in [6.07, 6.45) is 0. The smallest absolute Gasteiger partial charge is 0.230 e. The summed E-state index contributed by atoms with van der Waals surface area (Å²) in [7, 11) is 0. The number of hydrogen-bond acceptors (Lipinski definition) is 3. The number of nitrogens with zero attached hydrogens (tertiary/aromatic N) is 1. The van der Waals surface area contributed by atoms with E-state index in [1.165, 1.54) is 11.3 Å². The van der Waals surface area contributed by atoms with Gasteiger partial charge in [0.25, 0.3) is 0 Å². The third kappa shape index (κ3) is 2.62. The molecule has 15 heavy (non-hydrogen) atoms. The second-order valence-electron chi connectivity index (χ2n) is 2.88. The van der Waals surface area contributed by atoms with Crippen LogP contribution in [0.5, 0.6) is 11.6 Å². The van der Waals surface area contributed by atoms with Gasteiger partial charge in [0.15, 0.2) is 0 Å². The normalized spacial score (nSPS) is 10.3. The summed E-state index contributed by atoms with van der Waals surface area (Å²) in [5.41, 5.74) is 0. The molecule has 0 aliphatic rings. The van der Waals surface area contributed by atoms with E-state index in [0.717, 1.165) is 5.01 Å².